The summed E-state index contributed by atoms with van der Waals surface area (Å²) in [5.74, 6) is 1.58. The summed E-state index contributed by atoms with van der Waals surface area (Å²) in [5, 5.41) is 6.40. The number of carbonyl (C=O) groups excluding carboxylic acids is 1. The average Bonchev–Trinajstić information content (AvgIpc) is 3.10. The summed E-state index contributed by atoms with van der Waals surface area (Å²) >= 11 is 0. The molecule has 2 saturated carbocycles. The van der Waals surface area contributed by atoms with Crippen LogP contribution < -0.4 is 10.6 Å². The third-order valence-corrected chi connectivity index (χ3v) is 5.18. The van der Waals surface area contributed by atoms with Crippen molar-refractivity contribution in [3.8, 4) is 0 Å². The Morgan fingerprint density at radius 2 is 1.90 bits per heavy atom. The number of rotatable bonds is 1. The third kappa shape index (κ3) is 2.70. The van der Waals surface area contributed by atoms with E-state index in [-0.39, 0.29) is 11.4 Å². The van der Waals surface area contributed by atoms with Crippen molar-refractivity contribution in [3.05, 3.63) is 0 Å². The van der Waals surface area contributed by atoms with Gasteiger partial charge in [0, 0.05) is 0 Å². The van der Waals surface area contributed by atoms with Crippen LogP contribution in [-0.2, 0) is 4.79 Å². The minimum Gasteiger partial charge on any atom is -0.342 e. The van der Waals surface area contributed by atoms with Crippen molar-refractivity contribution in [2.45, 2.75) is 77.3 Å². The number of aliphatic imine (C=N–C) groups is 1. The zero-order valence-corrected chi connectivity index (χ0v) is 13.0. The molecule has 3 aliphatic rings. The molecule has 1 spiro atoms. The van der Waals surface area contributed by atoms with Gasteiger partial charge in [0.25, 0.3) is 5.91 Å². The minimum absolute atomic E-state index is 0.145. The number of hydrogen-bond acceptors (Lipinski definition) is 2. The smallest absolute Gasteiger partial charge is 0.252 e. The molecule has 1 saturated heterocycles. The molecule has 1 amide bonds. The molecular weight excluding hydrogens is 250 g/mol. The molecule has 112 valence electrons. The second-order valence-corrected chi connectivity index (χ2v) is 7.86. The van der Waals surface area contributed by atoms with Gasteiger partial charge in [-0.15, -0.1) is 0 Å². The van der Waals surface area contributed by atoms with E-state index in [1.807, 2.05) is 0 Å². The summed E-state index contributed by atoms with van der Waals surface area (Å²) in [6.07, 6.45) is 7.69. The molecule has 2 atom stereocenters. The van der Waals surface area contributed by atoms with Crippen LogP contribution in [0.15, 0.2) is 4.99 Å². The van der Waals surface area contributed by atoms with Gasteiger partial charge < -0.3 is 5.32 Å². The number of nitrogens with one attached hydrogen (secondary N) is 2. The van der Waals surface area contributed by atoms with E-state index in [1.165, 1.54) is 19.3 Å². The molecule has 2 aliphatic carbocycles. The van der Waals surface area contributed by atoms with E-state index in [1.54, 1.807) is 0 Å². The van der Waals surface area contributed by atoms with Crippen molar-refractivity contribution in [3.63, 3.8) is 0 Å². The molecular formula is C16H27N3O. The molecule has 3 fully saturated rings. The molecule has 0 aromatic heterocycles. The van der Waals surface area contributed by atoms with Crippen molar-refractivity contribution in [2.75, 3.05) is 0 Å². The Hall–Kier alpha value is -1.06. The van der Waals surface area contributed by atoms with Gasteiger partial charge in [-0.3, -0.25) is 10.1 Å². The quantitative estimate of drug-likeness (QED) is 0.774. The topological polar surface area (TPSA) is 53.5 Å². The lowest BCUT2D eigenvalue weighted by Crippen LogP contribution is -2.46. The zero-order chi connectivity index (χ0) is 14.4. The number of nitrogens with zero attached hydrogens (tertiary/aromatic N) is 1. The highest BCUT2D eigenvalue weighted by atomic mass is 16.2. The van der Waals surface area contributed by atoms with Gasteiger partial charge >= 0.3 is 0 Å². The largest absolute Gasteiger partial charge is 0.342 e. The first-order valence-corrected chi connectivity index (χ1v) is 8.06. The Kier molecular flexibility index (Phi) is 3.30. The molecule has 2 N–H and O–H groups in total. The molecule has 0 aromatic rings. The number of carbonyl (C=O) groups is 1. The number of hydrogen-bond donors (Lipinski definition) is 2. The predicted molar refractivity (Wildman–Crippen MR) is 80.5 cm³/mol. The molecule has 2 unspecified atom stereocenters. The van der Waals surface area contributed by atoms with E-state index < -0.39 is 0 Å². The van der Waals surface area contributed by atoms with Crippen LogP contribution in [0.1, 0.15) is 65.7 Å². The first-order chi connectivity index (χ1) is 9.39. The highest BCUT2D eigenvalue weighted by Crippen LogP contribution is 2.40. The van der Waals surface area contributed by atoms with Crippen LogP contribution in [0.25, 0.3) is 0 Å². The Bertz CT molecular complexity index is 433. The van der Waals surface area contributed by atoms with Gasteiger partial charge in [-0.2, -0.15) is 0 Å². The first kappa shape index (κ1) is 13.9. The molecule has 0 aromatic carbocycles. The van der Waals surface area contributed by atoms with Crippen LogP contribution >= 0.6 is 0 Å². The molecule has 1 heterocycles. The van der Waals surface area contributed by atoms with Crippen molar-refractivity contribution >= 4 is 11.9 Å². The van der Waals surface area contributed by atoms with Gasteiger partial charge in [-0.25, -0.2) is 4.99 Å². The second kappa shape index (κ2) is 4.74. The Labute approximate surface area is 121 Å². The van der Waals surface area contributed by atoms with Gasteiger partial charge in [-0.1, -0.05) is 27.2 Å². The number of guanidine groups is 1. The maximum atomic E-state index is 12.4. The molecule has 4 nitrogen and oxygen atoms in total. The lowest BCUT2D eigenvalue weighted by atomic mass is 9.76. The molecule has 1 aliphatic heterocycles. The van der Waals surface area contributed by atoms with Crippen molar-refractivity contribution < 1.29 is 4.79 Å². The fourth-order valence-corrected chi connectivity index (χ4v) is 3.55. The van der Waals surface area contributed by atoms with Crippen LogP contribution in [0.2, 0.25) is 0 Å². The van der Waals surface area contributed by atoms with E-state index in [2.05, 4.69) is 36.4 Å². The van der Waals surface area contributed by atoms with Crippen molar-refractivity contribution in [1.29, 1.82) is 0 Å². The normalized spacial score (nSPS) is 36.9. The van der Waals surface area contributed by atoms with E-state index in [9.17, 15) is 4.79 Å². The Morgan fingerprint density at radius 3 is 2.55 bits per heavy atom. The van der Waals surface area contributed by atoms with Crippen LogP contribution in [0.5, 0.6) is 0 Å². The summed E-state index contributed by atoms with van der Waals surface area (Å²) < 4.78 is 0. The van der Waals surface area contributed by atoms with Crippen molar-refractivity contribution in [1.82, 2.24) is 10.6 Å². The summed E-state index contributed by atoms with van der Waals surface area (Å²) in [6, 6.07) is 0.445. The highest BCUT2D eigenvalue weighted by Gasteiger charge is 2.47. The fraction of sp³-hybridized carbons (Fsp3) is 0.875. The first-order valence-electron chi connectivity index (χ1n) is 8.06. The van der Waals surface area contributed by atoms with Gasteiger partial charge in [0.1, 0.15) is 5.54 Å². The van der Waals surface area contributed by atoms with E-state index >= 15 is 0 Å². The van der Waals surface area contributed by atoms with Crippen LogP contribution in [0.4, 0.5) is 0 Å². The minimum atomic E-state index is -0.381. The monoisotopic (exact) mass is 277 g/mol. The maximum absolute atomic E-state index is 12.4. The van der Waals surface area contributed by atoms with E-state index in [4.69, 9.17) is 0 Å². The summed E-state index contributed by atoms with van der Waals surface area (Å²) in [6.45, 7) is 6.95. The highest BCUT2D eigenvalue weighted by molar-refractivity contribution is 6.09. The molecule has 0 radical (unpaired) electrons. The SMILES string of the molecule is CC(C)(C)C1CCCC2(CC1)NC(=NC1CC1)NC2=O. The Morgan fingerprint density at radius 1 is 1.15 bits per heavy atom. The molecule has 0 bridgehead atoms. The van der Waals surface area contributed by atoms with Crippen molar-refractivity contribution in [2.24, 2.45) is 16.3 Å². The summed E-state index contributed by atoms with van der Waals surface area (Å²) in [5.41, 5.74) is -0.0424. The Balaban J connectivity index is 1.71. The molecule has 4 heteroatoms. The van der Waals surface area contributed by atoms with Gasteiger partial charge in [0.15, 0.2) is 5.96 Å². The molecule has 3 rings (SSSR count). The van der Waals surface area contributed by atoms with Crippen LogP contribution in [0, 0.1) is 11.3 Å². The lowest BCUT2D eigenvalue weighted by Gasteiger charge is -2.30. The summed E-state index contributed by atoms with van der Waals surface area (Å²) in [7, 11) is 0. The van der Waals surface area contributed by atoms with Gasteiger partial charge in [-0.05, 0) is 49.9 Å². The predicted octanol–water partition coefficient (Wildman–Crippen LogP) is 2.59. The van der Waals surface area contributed by atoms with E-state index in [0.29, 0.717) is 17.4 Å². The second-order valence-electron chi connectivity index (χ2n) is 7.86. The standard InChI is InChI=1S/C16H27N3O/c1-15(2,3)11-5-4-9-16(10-8-11)13(20)18-14(19-16)17-12-6-7-12/h11-12H,4-10H2,1-3H3,(H2,17,18,19,20). The lowest BCUT2D eigenvalue weighted by molar-refractivity contribution is -0.124. The van der Waals surface area contributed by atoms with Crippen LogP contribution in [0.3, 0.4) is 0 Å². The van der Waals surface area contributed by atoms with Gasteiger partial charge in [0.05, 0.1) is 6.04 Å². The van der Waals surface area contributed by atoms with Gasteiger partial charge in [0.2, 0.25) is 0 Å². The molecule has 20 heavy (non-hydrogen) atoms. The summed E-state index contributed by atoms with van der Waals surface area (Å²) in [4.78, 5) is 17.0. The maximum Gasteiger partial charge on any atom is 0.252 e. The number of amides is 1. The average molecular weight is 277 g/mol. The van der Waals surface area contributed by atoms with E-state index in [0.717, 1.165) is 31.6 Å². The van der Waals surface area contributed by atoms with Crippen LogP contribution in [-0.4, -0.2) is 23.4 Å². The fourth-order valence-electron chi connectivity index (χ4n) is 3.55. The third-order valence-electron chi connectivity index (χ3n) is 5.18. The zero-order valence-electron chi connectivity index (χ0n) is 13.0.